The molecule has 1 atom stereocenters. The van der Waals surface area contributed by atoms with Crippen LogP contribution in [0.15, 0.2) is 59.5 Å². The van der Waals surface area contributed by atoms with Gasteiger partial charge in [-0.25, -0.2) is 8.60 Å². The average Bonchev–Trinajstić information content (AvgIpc) is 3.05. The van der Waals surface area contributed by atoms with Gasteiger partial charge < -0.3 is 4.42 Å². The van der Waals surface area contributed by atoms with Gasteiger partial charge in [0.05, 0.1) is 12.4 Å². The largest absolute Gasteiger partial charge is 0.456 e. The third-order valence-corrected chi connectivity index (χ3v) is 5.28. The number of fused-ring (bicyclic) bond motifs is 1. The van der Waals surface area contributed by atoms with E-state index in [-0.39, 0.29) is 5.82 Å². The molecule has 1 heterocycles. The minimum atomic E-state index is -1.30. The zero-order valence-corrected chi connectivity index (χ0v) is 15.9. The summed E-state index contributed by atoms with van der Waals surface area (Å²) in [4.78, 5) is 0. The maximum absolute atomic E-state index is 13.2. The molecule has 0 aliphatic rings. The van der Waals surface area contributed by atoms with Gasteiger partial charge in [-0.1, -0.05) is 6.08 Å². The lowest BCUT2D eigenvalue weighted by molar-refractivity contribution is 0.477. The normalized spacial score (nSPS) is 12.3. The molecule has 0 saturated carbocycles. The van der Waals surface area contributed by atoms with E-state index in [1.807, 2.05) is 18.2 Å². The minimum Gasteiger partial charge on any atom is -0.456 e. The molecule has 0 bridgehead atoms. The Hall–Kier alpha value is -2.47. The summed E-state index contributed by atoms with van der Waals surface area (Å²) in [6, 6.07) is 11.8. The van der Waals surface area contributed by atoms with Crippen molar-refractivity contribution in [2.75, 3.05) is 23.8 Å². The molecule has 0 N–H and O–H groups in total. The number of rotatable bonds is 8. The number of benzene rings is 2. The number of anilines is 1. The Bertz CT molecular complexity index is 966. The van der Waals surface area contributed by atoms with Crippen LogP contribution in [0, 0.1) is 5.82 Å². The Balaban J connectivity index is 2.09. The summed E-state index contributed by atoms with van der Waals surface area (Å²) in [5.74, 6) is 0.318. The molecule has 142 valence electrons. The third-order valence-electron chi connectivity index (χ3n) is 4.28. The highest BCUT2D eigenvalue weighted by Gasteiger charge is 2.17. The van der Waals surface area contributed by atoms with Crippen LogP contribution in [0.4, 0.5) is 14.5 Å². The Morgan fingerprint density at radius 2 is 1.96 bits per heavy atom. The molecule has 2 aromatic carbocycles. The summed E-state index contributed by atoms with van der Waals surface area (Å²) >= 11 is 0. The van der Waals surface area contributed by atoms with Gasteiger partial charge in [0.15, 0.2) is 0 Å². The zero-order valence-electron chi connectivity index (χ0n) is 15.1. The van der Waals surface area contributed by atoms with Crippen LogP contribution >= 0.6 is 0 Å². The van der Waals surface area contributed by atoms with E-state index in [9.17, 15) is 13.0 Å². The highest BCUT2D eigenvalue weighted by atomic mass is 32.2. The molecule has 1 aromatic heterocycles. The maximum atomic E-state index is 13.2. The third kappa shape index (κ3) is 4.27. The lowest BCUT2D eigenvalue weighted by Crippen LogP contribution is -2.27. The Morgan fingerprint density at radius 3 is 2.59 bits per heavy atom. The second-order valence-electron chi connectivity index (χ2n) is 6.20. The Morgan fingerprint density at radius 1 is 1.22 bits per heavy atom. The number of halogens is 2. The first-order valence-electron chi connectivity index (χ1n) is 8.64. The first kappa shape index (κ1) is 19.3. The van der Waals surface area contributed by atoms with E-state index >= 15 is 0 Å². The molecule has 0 amide bonds. The van der Waals surface area contributed by atoms with Gasteiger partial charge in [-0.15, -0.1) is 6.58 Å². The fourth-order valence-corrected chi connectivity index (χ4v) is 3.85. The number of nitrogens with zero attached hydrogens (tertiary/aromatic N) is 1. The summed E-state index contributed by atoms with van der Waals surface area (Å²) in [5.41, 5.74) is 3.09. The molecule has 27 heavy (non-hydrogen) atoms. The molecule has 0 radical (unpaired) electrons. The molecular weight excluding hydrogens is 368 g/mol. The number of furan rings is 1. The van der Waals surface area contributed by atoms with Crippen LogP contribution in [0.1, 0.15) is 12.0 Å². The SMILES string of the molecule is C=CCc1cc2cc(-c3ccc(F)cc3)oc2cc1N(CCCF)S(C)=O. The smallest absolute Gasteiger partial charge is 0.136 e. The number of hydrogen-bond donors (Lipinski definition) is 0. The van der Waals surface area contributed by atoms with E-state index in [4.69, 9.17) is 4.42 Å². The molecule has 0 aliphatic carbocycles. The molecule has 3 nitrogen and oxygen atoms in total. The van der Waals surface area contributed by atoms with E-state index in [0.29, 0.717) is 30.7 Å². The Kier molecular flexibility index (Phi) is 6.06. The van der Waals surface area contributed by atoms with Gasteiger partial charge in [0.25, 0.3) is 0 Å². The van der Waals surface area contributed by atoms with Gasteiger partial charge in [-0.3, -0.25) is 8.70 Å². The van der Waals surface area contributed by atoms with Gasteiger partial charge >= 0.3 is 0 Å². The molecule has 0 aliphatic heterocycles. The highest BCUT2D eigenvalue weighted by molar-refractivity contribution is 7.85. The van der Waals surface area contributed by atoms with Gasteiger partial charge in [0.1, 0.15) is 28.1 Å². The molecule has 3 rings (SSSR count). The van der Waals surface area contributed by atoms with E-state index in [2.05, 4.69) is 6.58 Å². The topological polar surface area (TPSA) is 33.5 Å². The second-order valence-corrected chi connectivity index (χ2v) is 7.49. The van der Waals surface area contributed by atoms with E-state index in [1.165, 1.54) is 12.1 Å². The fraction of sp³-hybridized carbons (Fsp3) is 0.238. The predicted molar refractivity (Wildman–Crippen MR) is 108 cm³/mol. The summed E-state index contributed by atoms with van der Waals surface area (Å²) in [6.45, 7) is 3.67. The monoisotopic (exact) mass is 389 g/mol. The van der Waals surface area contributed by atoms with Gasteiger partial charge in [0.2, 0.25) is 0 Å². The van der Waals surface area contributed by atoms with Crippen molar-refractivity contribution in [2.24, 2.45) is 0 Å². The lowest BCUT2D eigenvalue weighted by Gasteiger charge is -2.23. The van der Waals surface area contributed by atoms with Crippen LogP contribution in [0.2, 0.25) is 0 Å². The summed E-state index contributed by atoms with van der Waals surface area (Å²) in [6.07, 6.45) is 4.24. The van der Waals surface area contributed by atoms with Crippen molar-refractivity contribution in [3.63, 3.8) is 0 Å². The first-order valence-corrected chi connectivity index (χ1v) is 10.2. The first-order chi connectivity index (χ1) is 13.0. The molecule has 0 fully saturated rings. The van der Waals surface area contributed by atoms with Crippen molar-refractivity contribution in [1.29, 1.82) is 0 Å². The van der Waals surface area contributed by atoms with Crippen molar-refractivity contribution in [1.82, 2.24) is 0 Å². The van der Waals surface area contributed by atoms with E-state index in [0.717, 1.165) is 22.2 Å². The minimum absolute atomic E-state index is 0.296. The van der Waals surface area contributed by atoms with Crippen LogP contribution in [-0.4, -0.2) is 23.7 Å². The quantitative estimate of drug-likeness (QED) is 0.482. The van der Waals surface area contributed by atoms with E-state index in [1.54, 1.807) is 28.8 Å². The van der Waals surface area contributed by atoms with Crippen LogP contribution < -0.4 is 4.31 Å². The fourth-order valence-electron chi connectivity index (χ4n) is 3.02. The molecule has 0 saturated heterocycles. The molecule has 1 unspecified atom stereocenters. The maximum Gasteiger partial charge on any atom is 0.136 e. The van der Waals surface area contributed by atoms with Gasteiger partial charge in [-0.05, 0) is 54.8 Å². The summed E-state index contributed by atoms with van der Waals surface area (Å²) in [7, 11) is -1.30. The van der Waals surface area contributed by atoms with Crippen LogP contribution in [0.5, 0.6) is 0 Å². The molecular formula is C21H21F2NO2S. The predicted octanol–water partition coefficient (Wildman–Crippen LogP) is 5.43. The highest BCUT2D eigenvalue weighted by Crippen LogP contribution is 2.34. The Labute approximate surface area is 159 Å². The van der Waals surface area contributed by atoms with Crippen molar-refractivity contribution >= 4 is 27.6 Å². The van der Waals surface area contributed by atoms with Gasteiger partial charge in [0, 0.05) is 29.8 Å². The zero-order chi connectivity index (χ0) is 19.4. The van der Waals surface area contributed by atoms with Crippen molar-refractivity contribution in [3.8, 4) is 11.3 Å². The van der Waals surface area contributed by atoms with Gasteiger partial charge in [-0.2, -0.15) is 0 Å². The number of allylic oxidation sites excluding steroid dienone is 1. The second kappa shape index (κ2) is 8.48. The number of hydrogen-bond acceptors (Lipinski definition) is 2. The van der Waals surface area contributed by atoms with Crippen LogP contribution in [-0.2, 0) is 17.4 Å². The number of alkyl halides is 1. The van der Waals surface area contributed by atoms with E-state index < -0.39 is 17.7 Å². The van der Waals surface area contributed by atoms with Crippen LogP contribution in [0.3, 0.4) is 0 Å². The molecule has 0 spiro atoms. The molecule has 6 heteroatoms. The standard InChI is InChI=1S/C21H21F2NO2S/c1-3-5-16-12-17-13-20(15-6-8-18(23)9-7-15)26-21(17)14-19(16)24(27(2)25)11-4-10-22/h3,6-9,12-14H,1,4-5,10-11H2,2H3. The van der Waals surface area contributed by atoms with Crippen molar-refractivity contribution in [2.45, 2.75) is 12.8 Å². The summed E-state index contributed by atoms with van der Waals surface area (Å²) < 4.78 is 45.7. The average molecular weight is 389 g/mol. The summed E-state index contributed by atoms with van der Waals surface area (Å²) in [5, 5.41) is 0.891. The lowest BCUT2D eigenvalue weighted by atomic mass is 10.1. The van der Waals surface area contributed by atoms with Crippen LogP contribution in [0.25, 0.3) is 22.3 Å². The van der Waals surface area contributed by atoms with Crippen molar-refractivity contribution < 1.29 is 17.4 Å². The van der Waals surface area contributed by atoms with Crippen molar-refractivity contribution in [3.05, 3.63) is 66.5 Å². The molecule has 3 aromatic rings.